The van der Waals surface area contributed by atoms with E-state index in [1.165, 1.54) is 6.07 Å². The number of nitrogens with one attached hydrogen (secondary N) is 1. The first-order valence-corrected chi connectivity index (χ1v) is 9.08. The number of hydrogen-bond acceptors (Lipinski definition) is 4. The van der Waals surface area contributed by atoms with E-state index in [2.05, 4.69) is 29.0 Å². The summed E-state index contributed by atoms with van der Waals surface area (Å²) in [7, 11) is 0. The highest BCUT2D eigenvalue weighted by atomic mass is 19.1. The number of para-hydroxylation sites is 1. The molecule has 0 unspecified atom stereocenters. The van der Waals surface area contributed by atoms with Gasteiger partial charge in [0, 0.05) is 32.7 Å². The average molecular weight is 349 g/mol. The van der Waals surface area contributed by atoms with Crippen LogP contribution in [0.1, 0.15) is 26.7 Å². The second-order valence-electron chi connectivity index (χ2n) is 7.64. The van der Waals surface area contributed by atoms with E-state index in [1.54, 1.807) is 18.2 Å². The highest BCUT2D eigenvalue weighted by molar-refractivity contribution is 5.92. The lowest BCUT2D eigenvalue weighted by Crippen LogP contribution is -2.50. The largest absolute Gasteiger partial charge is 0.371 e. The first-order chi connectivity index (χ1) is 11.9. The van der Waals surface area contributed by atoms with Gasteiger partial charge in [-0.15, -0.1) is 0 Å². The van der Waals surface area contributed by atoms with Crippen LogP contribution >= 0.6 is 0 Å². The van der Waals surface area contributed by atoms with Gasteiger partial charge in [-0.25, -0.2) is 4.39 Å². The quantitative estimate of drug-likeness (QED) is 0.886. The van der Waals surface area contributed by atoms with Crippen LogP contribution in [0.15, 0.2) is 24.3 Å². The van der Waals surface area contributed by atoms with Gasteiger partial charge in [0.1, 0.15) is 5.82 Å². The topological polar surface area (TPSA) is 44.8 Å². The van der Waals surface area contributed by atoms with Crippen LogP contribution in [0.5, 0.6) is 0 Å². The molecule has 25 heavy (non-hydrogen) atoms. The van der Waals surface area contributed by atoms with E-state index in [0.717, 1.165) is 45.6 Å². The van der Waals surface area contributed by atoms with Crippen molar-refractivity contribution in [2.45, 2.75) is 38.4 Å². The summed E-state index contributed by atoms with van der Waals surface area (Å²) in [5.74, 6) is -0.570. The maximum atomic E-state index is 13.6. The van der Waals surface area contributed by atoms with Crippen LogP contribution in [0.25, 0.3) is 0 Å². The van der Waals surface area contributed by atoms with Gasteiger partial charge in [0.15, 0.2) is 0 Å². The second-order valence-corrected chi connectivity index (χ2v) is 7.64. The molecule has 6 heteroatoms. The summed E-state index contributed by atoms with van der Waals surface area (Å²) in [6.45, 7) is 9.15. The van der Waals surface area contributed by atoms with Gasteiger partial charge in [0.05, 0.1) is 23.9 Å². The molecule has 2 saturated heterocycles. The molecular weight excluding hydrogens is 321 g/mol. The fourth-order valence-electron chi connectivity index (χ4n) is 3.58. The number of benzene rings is 1. The second kappa shape index (κ2) is 7.81. The molecule has 0 aromatic heterocycles. The zero-order chi connectivity index (χ0) is 17.9. The number of anilines is 1. The fourth-order valence-corrected chi connectivity index (χ4v) is 3.58. The minimum atomic E-state index is -0.403. The summed E-state index contributed by atoms with van der Waals surface area (Å²) in [5.41, 5.74) is 0.254. The van der Waals surface area contributed by atoms with Gasteiger partial charge in [0.2, 0.25) is 5.91 Å². The summed E-state index contributed by atoms with van der Waals surface area (Å²) >= 11 is 0. The molecule has 5 nitrogen and oxygen atoms in total. The number of piperazine rings is 1. The molecule has 3 rings (SSSR count). The molecule has 1 aromatic carbocycles. The van der Waals surface area contributed by atoms with E-state index in [1.807, 2.05) is 0 Å². The molecule has 0 spiro atoms. The molecule has 0 radical (unpaired) electrons. The molecule has 0 aliphatic carbocycles. The number of rotatable bonds is 5. The van der Waals surface area contributed by atoms with Crippen molar-refractivity contribution < 1.29 is 13.9 Å². The monoisotopic (exact) mass is 349 g/mol. The van der Waals surface area contributed by atoms with E-state index in [4.69, 9.17) is 4.74 Å². The standard InChI is InChI=1S/C19H28FN3O2/c1-19(2)8-7-15(25-19)13-22-9-11-23(12-10-22)14-18(24)21-17-6-4-3-5-16(17)20/h3-6,15H,7-14H2,1-2H3,(H,21,24)/t15-/m0/s1. The summed E-state index contributed by atoms with van der Waals surface area (Å²) in [6, 6.07) is 6.25. The zero-order valence-corrected chi connectivity index (χ0v) is 15.1. The smallest absolute Gasteiger partial charge is 0.238 e. The number of amides is 1. The maximum Gasteiger partial charge on any atom is 0.238 e. The number of carbonyl (C=O) groups excluding carboxylic acids is 1. The Morgan fingerprint density at radius 3 is 2.56 bits per heavy atom. The normalized spacial score (nSPS) is 24.4. The van der Waals surface area contributed by atoms with Crippen molar-refractivity contribution in [3.8, 4) is 0 Å². The van der Waals surface area contributed by atoms with Crippen LogP contribution in [0, 0.1) is 5.82 Å². The number of carbonyl (C=O) groups is 1. The summed E-state index contributed by atoms with van der Waals surface area (Å²) in [6.07, 6.45) is 2.57. The highest BCUT2D eigenvalue weighted by Crippen LogP contribution is 2.29. The molecule has 1 aromatic rings. The third-order valence-corrected chi connectivity index (χ3v) is 5.00. The van der Waals surface area contributed by atoms with Crippen LogP contribution < -0.4 is 5.32 Å². The maximum absolute atomic E-state index is 13.6. The number of hydrogen-bond donors (Lipinski definition) is 1. The minimum Gasteiger partial charge on any atom is -0.371 e. The Morgan fingerprint density at radius 2 is 1.92 bits per heavy atom. The molecule has 1 atom stereocenters. The van der Waals surface area contributed by atoms with E-state index in [9.17, 15) is 9.18 Å². The Hall–Kier alpha value is -1.50. The van der Waals surface area contributed by atoms with Crippen molar-refractivity contribution in [1.29, 1.82) is 0 Å². The SMILES string of the molecule is CC1(C)CC[C@@H](CN2CCN(CC(=O)Nc3ccccc3F)CC2)O1. The predicted molar refractivity (Wildman–Crippen MR) is 96.1 cm³/mol. The lowest BCUT2D eigenvalue weighted by Gasteiger charge is -2.35. The molecule has 1 N–H and O–H groups in total. The first-order valence-electron chi connectivity index (χ1n) is 9.08. The molecule has 2 aliphatic rings. The van der Waals surface area contributed by atoms with Crippen LogP contribution in [0.3, 0.4) is 0 Å². The highest BCUT2D eigenvalue weighted by Gasteiger charge is 2.33. The molecule has 138 valence electrons. The number of ether oxygens (including phenoxy) is 1. The lowest BCUT2D eigenvalue weighted by atomic mass is 10.1. The third kappa shape index (κ3) is 5.23. The van der Waals surface area contributed by atoms with E-state index < -0.39 is 5.82 Å². The number of nitrogens with zero attached hydrogens (tertiary/aromatic N) is 2. The van der Waals surface area contributed by atoms with Gasteiger partial charge in [-0.05, 0) is 38.8 Å². The Labute approximate surface area is 149 Å². The van der Waals surface area contributed by atoms with Gasteiger partial charge in [-0.2, -0.15) is 0 Å². The zero-order valence-electron chi connectivity index (χ0n) is 15.1. The van der Waals surface area contributed by atoms with Gasteiger partial charge in [-0.3, -0.25) is 14.6 Å². The Balaban J connectivity index is 1.39. The molecule has 2 aliphatic heterocycles. The van der Waals surface area contributed by atoms with Gasteiger partial charge in [0.25, 0.3) is 0 Å². The van der Waals surface area contributed by atoms with E-state index >= 15 is 0 Å². The van der Waals surface area contributed by atoms with Crippen LogP contribution in [0.4, 0.5) is 10.1 Å². The van der Waals surface area contributed by atoms with Crippen molar-refractivity contribution in [1.82, 2.24) is 9.80 Å². The minimum absolute atomic E-state index is 0.0112. The first kappa shape index (κ1) is 18.3. The van der Waals surface area contributed by atoms with Crippen molar-refractivity contribution in [3.05, 3.63) is 30.1 Å². The van der Waals surface area contributed by atoms with Crippen molar-refractivity contribution in [3.63, 3.8) is 0 Å². The van der Waals surface area contributed by atoms with Crippen molar-refractivity contribution >= 4 is 11.6 Å². The van der Waals surface area contributed by atoms with Crippen LogP contribution in [0.2, 0.25) is 0 Å². The van der Waals surface area contributed by atoms with Gasteiger partial charge < -0.3 is 10.1 Å². The third-order valence-electron chi connectivity index (χ3n) is 5.00. The van der Waals surface area contributed by atoms with Crippen LogP contribution in [-0.4, -0.2) is 66.7 Å². The van der Waals surface area contributed by atoms with Gasteiger partial charge in [-0.1, -0.05) is 12.1 Å². The molecule has 0 bridgehead atoms. The van der Waals surface area contributed by atoms with Crippen molar-refractivity contribution in [2.24, 2.45) is 0 Å². The average Bonchev–Trinajstić information content (AvgIpc) is 2.90. The van der Waals surface area contributed by atoms with E-state index in [0.29, 0.717) is 12.6 Å². The van der Waals surface area contributed by atoms with Gasteiger partial charge >= 0.3 is 0 Å². The van der Waals surface area contributed by atoms with E-state index in [-0.39, 0.29) is 17.2 Å². The molecule has 2 heterocycles. The number of halogens is 1. The Kier molecular flexibility index (Phi) is 5.71. The summed E-state index contributed by atoms with van der Waals surface area (Å²) in [4.78, 5) is 16.6. The summed E-state index contributed by atoms with van der Waals surface area (Å²) in [5, 5.41) is 2.65. The molecular formula is C19H28FN3O2. The molecule has 0 saturated carbocycles. The fraction of sp³-hybridized carbons (Fsp3) is 0.632. The van der Waals surface area contributed by atoms with Crippen molar-refractivity contribution in [2.75, 3.05) is 44.6 Å². The summed E-state index contributed by atoms with van der Waals surface area (Å²) < 4.78 is 19.6. The Morgan fingerprint density at radius 1 is 1.24 bits per heavy atom. The molecule has 2 fully saturated rings. The molecule has 1 amide bonds. The predicted octanol–water partition coefficient (Wildman–Crippen LogP) is 2.34. The Bertz CT molecular complexity index is 600. The lowest BCUT2D eigenvalue weighted by molar-refractivity contribution is -0.117. The van der Waals surface area contributed by atoms with Crippen LogP contribution in [-0.2, 0) is 9.53 Å².